The molecule has 1 saturated heterocycles. The van der Waals surface area contributed by atoms with Crippen LogP contribution >= 0.6 is 0 Å². The van der Waals surface area contributed by atoms with E-state index in [1.165, 1.54) is 5.56 Å². The summed E-state index contributed by atoms with van der Waals surface area (Å²) in [7, 11) is 0. The lowest BCUT2D eigenvalue weighted by Gasteiger charge is -2.46. The number of hydrogen-bond donors (Lipinski definition) is 1. The van der Waals surface area contributed by atoms with Gasteiger partial charge in [0.25, 0.3) is 0 Å². The van der Waals surface area contributed by atoms with E-state index in [9.17, 15) is 0 Å². The van der Waals surface area contributed by atoms with Gasteiger partial charge in [-0.2, -0.15) is 0 Å². The topological polar surface area (TPSA) is 15.3 Å². The number of nitrogens with one attached hydrogen (secondary N) is 1. The first kappa shape index (κ1) is 15.5. The summed E-state index contributed by atoms with van der Waals surface area (Å²) in [5.74, 6) is 0. The van der Waals surface area contributed by atoms with Crippen LogP contribution in [-0.2, 0) is 6.42 Å². The van der Waals surface area contributed by atoms with Gasteiger partial charge in [0, 0.05) is 31.2 Å². The van der Waals surface area contributed by atoms with Crippen molar-refractivity contribution in [1.29, 1.82) is 0 Å². The van der Waals surface area contributed by atoms with Crippen molar-refractivity contribution in [3.8, 4) is 0 Å². The van der Waals surface area contributed by atoms with Crippen LogP contribution in [0.3, 0.4) is 0 Å². The second-order valence-corrected chi connectivity index (χ2v) is 7.41. The minimum absolute atomic E-state index is 0.324. The van der Waals surface area contributed by atoms with Crippen molar-refractivity contribution < 1.29 is 0 Å². The van der Waals surface area contributed by atoms with E-state index in [2.05, 4.69) is 75.2 Å². The molecule has 1 aliphatic heterocycles. The van der Waals surface area contributed by atoms with Crippen LogP contribution in [-0.4, -0.2) is 36.1 Å². The van der Waals surface area contributed by atoms with Crippen LogP contribution in [0.5, 0.6) is 0 Å². The highest BCUT2D eigenvalue weighted by Gasteiger charge is 2.34. The smallest absolute Gasteiger partial charge is 0.0244 e. The Bertz CT molecular complexity index is 407. The van der Waals surface area contributed by atoms with Crippen LogP contribution < -0.4 is 5.32 Å². The first-order valence-electron chi connectivity index (χ1n) is 7.91. The SMILES string of the molecule is CC1CNC(C(C)(C)C)CN1C(C)Cc1ccccc1. The number of piperazine rings is 1. The van der Waals surface area contributed by atoms with Crippen LogP contribution in [0.25, 0.3) is 0 Å². The zero-order valence-corrected chi connectivity index (χ0v) is 13.7. The van der Waals surface area contributed by atoms with Gasteiger partial charge >= 0.3 is 0 Å². The lowest BCUT2D eigenvalue weighted by atomic mass is 9.84. The molecule has 1 aromatic carbocycles. The maximum Gasteiger partial charge on any atom is 0.0244 e. The zero-order chi connectivity index (χ0) is 14.8. The fourth-order valence-corrected chi connectivity index (χ4v) is 3.15. The Hall–Kier alpha value is -0.860. The summed E-state index contributed by atoms with van der Waals surface area (Å²) >= 11 is 0. The van der Waals surface area contributed by atoms with Crippen LogP contribution in [0.1, 0.15) is 40.2 Å². The van der Waals surface area contributed by atoms with E-state index in [-0.39, 0.29) is 0 Å². The lowest BCUT2D eigenvalue weighted by molar-refractivity contribution is 0.0632. The molecule has 1 fully saturated rings. The van der Waals surface area contributed by atoms with E-state index in [1.807, 2.05) is 0 Å². The van der Waals surface area contributed by atoms with Gasteiger partial charge in [0.05, 0.1) is 0 Å². The van der Waals surface area contributed by atoms with Crippen molar-refractivity contribution in [2.75, 3.05) is 13.1 Å². The summed E-state index contributed by atoms with van der Waals surface area (Å²) < 4.78 is 0. The average molecular weight is 274 g/mol. The Kier molecular flexibility index (Phi) is 4.87. The number of nitrogens with zero attached hydrogens (tertiary/aromatic N) is 1. The normalized spacial score (nSPS) is 26.4. The van der Waals surface area contributed by atoms with E-state index >= 15 is 0 Å². The van der Waals surface area contributed by atoms with E-state index in [0.717, 1.165) is 19.5 Å². The monoisotopic (exact) mass is 274 g/mol. The Labute approximate surface area is 124 Å². The zero-order valence-electron chi connectivity index (χ0n) is 13.7. The first-order chi connectivity index (χ1) is 9.38. The highest BCUT2D eigenvalue weighted by molar-refractivity contribution is 5.16. The van der Waals surface area contributed by atoms with Gasteiger partial charge < -0.3 is 5.32 Å². The Morgan fingerprint density at radius 2 is 1.90 bits per heavy atom. The molecule has 20 heavy (non-hydrogen) atoms. The summed E-state index contributed by atoms with van der Waals surface area (Å²) in [4.78, 5) is 2.68. The maximum atomic E-state index is 3.72. The van der Waals surface area contributed by atoms with Gasteiger partial charge in [0.15, 0.2) is 0 Å². The van der Waals surface area contributed by atoms with Crippen LogP contribution in [0.4, 0.5) is 0 Å². The third-order valence-electron chi connectivity index (χ3n) is 4.60. The molecular formula is C18H30N2. The van der Waals surface area contributed by atoms with Crippen molar-refractivity contribution in [3.63, 3.8) is 0 Å². The molecule has 0 bridgehead atoms. The minimum Gasteiger partial charge on any atom is -0.311 e. The Balaban J connectivity index is 2.02. The molecule has 0 amide bonds. The van der Waals surface area contributed by atoms with Crippen LogP contribution in [0.2, 0.25) is 0 Å². The molecule has 0 spiro atoms. The number of rotatable bonds is 3. The van der Waals surface area contributed by atoms with E-state index in [0.29, 0.717) is 23.5 Å². The molecule has 2 nitrogen and oxygen atoms in total. The summed E-state index contributed by atoms with van der Waals surface area (Å²) in [6.07, 6.45) is 1.14. The average Bonchev–Trinajstić information content (AvgIpc) is 2.39. The number of hydrogen-bond acceptors (Lipinski definition) is 2. The second kappa shape index (κ2) is 6.28. The Morgan fingerprint density at radius 3 is 2.50 bits per heavy atom. The Morgan fingerprint density at radius 1 is 1.25 bits per heavy atom. The van der Waals surface area contributed by atoms with E-state index in [1.54, 1.807) is 0 Å². The van der Waals surface area contributed by atoms with Gasteiger partial charge in [0.2, 0.25) is 0 Å². The molecular weight excluding hydrogens is 244 g/mol. The predicted octanol–water partition coefficient (Wildman–Crippen LogP) is 3.33. The molecule has 0 radical (unpaired) electrons. The molecule has 0 saturated carbocycles. The standard InChI is InChI=1S/C18H30N2/c1-14(11-16-9-7-6-8-10-16)20-13-17(18(3,4)5)19-12-15(20)2/h6-10,14-15,17,19H,11-13H2,1-5H3. The largest absolute Gasteiger partial charge is 0.311 e. The van der Waals surface area contributed by atoms with E-state index in [4.69, 9.17) is 0 Å². The van der Waals surface area contributed by atoms with Crippen molar-refractivity contribution >= 4 is 0 Å². The molecule has 1 aromatic rings. The predicted molar refractivity (Wildman–Crippen MR) is 87.0 cm³/mol. The van der Waals surface area contributed by atoms with Crippen molar-refractivity contribution in [2.45, 2.75) is 59.2 Å². The van der Waals surface area contributed by atoms with Crippen molar-refractivity contribution in [1.82, 2.24) is 10.2 Å². The molecule has 112 valence electrons. The van der Waals surface area contributed by atoms with Gasteiger partial charge in [-0.1, -0.05) is 51.1 Å². The van der Waals surface area contributed by atoms with Gasteiger partial charge in [0.1, 0.15) is 0 Å². The molecule has 0 aromatic heterocycles. The molecule has 3 atom stereocenters. The molecule has 0 aliphatic carbocycles. The van der Waals surface area contributed by atoms with Crippen LogP contribution in [0, 0.1) is 5.41 Å². The quantitative estimate of drug-likeness (QED) is 0.909. The lowest BCUT2D eigenvalue weighted by Crippen LogP contribution is -2.61. The first-order valence-corrected chi connectivity index (χ1v) is 7.91. The highest BCUT2D eigenvalue weighted by atomic mass is 15.3. The van der Waals surface area contributed by atoms with Crippen molar-refractivity contribution in [3.05, 3.63) is 35.9 Å². The van der Waals surface area contributed by atoms with E-state index < -0.39 is 0 Å². The van der Waals surface area contributed by atoms with Crippen molar-refractivity contribution in [2.24, 2.45) is 5.41 Å². The molecule has 3 unspecified atom stereocenters. The molecule has 1 heterocycles. The fourth-order valence-electron chi connectivity index (χ4n) is 3.15. The van der Waals surface area contributed by atoms with Crippen LogP contribution in [0.15, 0.2) is 30.3 Å². The molecule has 2 heteroatoms. The van der Waals surface area contributed by atoms with Gasteiger partial charge in [-0.05, 0) is 31.2 Å². The van der Waals surface area contributed by atoms with Gasteiger partial charge in [-0.3, -0.25) is 4.90 Å². The second-order valence-electron chi connectivity index (χ2n) is 7.41. The maximum absolute atomic E-state index is 3.72. The molecule has 2 rings (SSSR count). The third kappa shape index (κ3) is 3.83. The molecule has 1 aliphatic rings. The third-order valence-corrected chi connectivity index (χ3v) is 4.60. The van der Waals surface area contributed by atoms with Gasteiger partial charge in [-0.15, -0.1) is 0 Å². The fraction of sp³-hybridized carbons (Fsp3) is 0.667. The molecule has 1 N–H and O–H groups in total. The number of benzene rings is 1. The highest BCUT2D eigenvalue weighted by Crippen LogP contribution is 2.25. The summed E-state index contributed by atoms with van der Waals surface area (Å²) in [5.41, 5.74) is 1.77. The minimum atomic E-state index is 0.324. The summed E-state index contributed by atoms with van der Waals surface area (Å²) in [6, 6.07) is 12.7. The summed E-state index contributed by atoms with van der Waals surface area (Å²) in [5, 5.41) is 3.72. The summed E-state index contributed by atoms with van der Waals surface area (Å²) in [6.45, 7) is 14.0. The van der Waals surface area contributed by atoms with Gasteiger partial charge in [-0.25, -0.2) is 0 Å².